The van der Waals surface area contributed by atoms with E-state index in [0.717, 1.165) is 0 Å². The summed E-state index contributed by atoms with van der Waals surface area (Å²) >= 11 is 3.28. The van der Waals surface area contributed by atoms with Crippen LogP contribution in [0.25, 0.3) is 0 Å². The lowest BCUT2D eigenvalue weighted by Gasteiger charge is -2.35. The van der Waals surface area contributed by atoms with E-state index in [1.807, 2.05) is 25.7 Å². The Kier molecular flexibility index (Phi) is 3.74. The van der Waals surface area contributed by atoms with Crippen LogP contribution >= 0.6 is 15.9 Å². The fraction of sp³-hybridized carbons (Fsp3) is 0.889. The van der Waals surface area contributed by atoms with Gasteiger partial charge in [-0.2, -0.15) is 0 Å². The third-order valence-electron chi connectivity index (χ3n) is 2.07. The molecule has 4 heteroatoms. The van der Waals surface area contributed by atoms with Crippen LogP contribution in [0.15, 0.2) is 0 Å². The minimum absolute atomic E-state index is 0.0926. The summed E-state index contributed by atoms with van der Waals surface area (Å²) in [6.07, 6.45) is 0.304. The molecule has 0 aliphatic carbocycles. The van der Waals surface area contributed by atoms with Crippen LogP contribution < -0.4 is 0 Å². The molecular formula is C9H16BrNO2. The molecule has 0 bridgehead atoms. The molecule has 1 heterocycles. The molecule has 0 spiro atoms. The number of hydrogen-bond donors (Lipinski definition) is 0. The summed E-state index contributed by atoms with van der Waals surface area (Å²) in [5.41, 5.74) is 0. The highest BCUT2D eigenvalue weighted by Crippen LogP contribution is 2.13. The molecule has 0 aromatic rings. The van der Waals surface area contributed by atoms with Crippen LogP contribution in [0.1, 0.15) is 20.8 Å². The van der Waals surface area contributed by atoms with Crippen LogP contribution in [-0.2, 0) is 9.53 Å². The van der Waals surface area contributed by atoms with E-state index < -0.39 is 0 Å². The fourth-order valence-corrected chi connectivity index (χ4v) is 1.90. The smallest absolute Gasteiger partial charge is 0.236 e. The first kappa shape index (κ1) is 11.0. The summed E-state index contributed by atoms with van der Waals surface area (Å²) in [6, 6.07) is 0. The zero-order chi connectivity index (χ0) is 10.0. The van der Waals surface area contributed by atoms with E-state index >= 15 is 0 Å². The van der Waals surface area contributed by atoms with Gasteiger partial charge in [0.15, 0.2) is 0 Å². The van der Waals surface area contributed by atoms with Gasteiger partial charge in [-0.1, -0.05) is 15.9 Å². The van der Waals surface area contributed by atoms with Crippen LogP contribution in [0, 0.1) is 0 Å². The molecule has 13 heavy (non-hydrogen) atoms. The van der Waals surface area contributed by atoms with Crippen molar-refractivity contribution in [3.05, 3.63) is 0 Å². The van der Waals surface area contributed by atoms with Crippen molar-refractivity contribution in [1.29, 1.82) is 0 Å². The summed E-state index contributed by atoms with van der Waals surface area (Å²) in [7, 11) is 0. The molecule has 1 amide bonds. The topological polar surface area (TPSA) is 29.5 Å². The molecule has 1 saturated heterocycles. The summed E-state index contributed by atoms with van der Waals surface area (Å²) in [6.45, 7) is 7.26. The Hall–Kier alpha value is -0.0900. The molecule has 0 radical (unpaired) electrons. The van der Waals surface area contributed by atoms with E-state index in [1.54, 1.807) is 0 Å². The van der Waals surface area contributed by atoms with Gasteiger partial charge in [-0.3, -0.25) is 4.79 Å². The maximum absolute atomic E-state index is 11.6. The average molecular weight is 250 g/mol. The summed E-state index contributed by atoms with van der Waals surface area (Å²) in [5, 5.41) is 0. The molecule has 1 fully saturated rings. The first-order chi connectivity index (χ1) is 6.00. The van der Waals surface area contributed by atoms with Gasteiger partial charge in [-0.15, -0.1) is 0 Å². The quantitative estimate of drug-likeness (QED) is 0.658. The molecule has 0 aromatic heterocycles. The Labute approximate surface area is 87.6 Å². The highest BCUT2D eigenvalue weighted by molar-refractivity contribution is 9.10. The van der Waals surface area contributed by atoms with Crippen LogP contribution in [0.4, 0.5) is 0 Å². The molecule has 0 saturated carbocycles. The van der Waals surface area contributed by atoms with E-state index in [-0.39, 0.29) is 22.9 Å². The number of rotatable bonds is 1. The first-order valence-electron chi connectivity index (χ1n) is 4.59. The van der Waals surface area contributed by atoms with Gasteiger partial charge >= 0.3 is 0 Å². The number of amides is 1. The predicted molar refractivity (Wildman–Crippen MR) is 55.0 cm³/mol. The van der Waals surface area contributed by atoms with E-state index in [2.05, 4.69) is 15.9 Å². The Morgan fingerprint density at radius 3 is 2.31 bits per heavy atom. The number of hydrogen-bond acceptors (Lipinski definition) is 2. The van der Waals surface area contributed by atoms with Crippen molar-refractivity contribution in [3.8, 4) is 0 Å². The molecule has 3 nitrogen and oxygen atoms in total. The number of nitrogens with zero attached hydrogens (tertiary/aromatic N) is 1. The van der Waals surface area contributed by atoms with Crippen molar-refractivity contribution in [2.24, 2.45) is 0 Å². The second kappa shape index (κ2) is 4.42. The predicted octanol–water partition coefficient (Wildman–Crippen LogP) is 1.41. The molecule has 0 aromatic carbocycles. The number of halogens is 1. The SMILES string of the molecule is C[C@@H]1CN(C(=O)[C@H](C)Br)C[C@H](C)O1. The molecule has 76 valence electrons. The minimum atomic E-state index is -0.0926. The summed E-state index contributed by atoms with van der Waals surface area (Å²) < 4.78 is 5.54. The normalized spacial score (nSPS) is 31.5. The fourth-order valence-electron chi connectivity index (χ4n) is 1.61. The number of alkyl halides is 1. The third kappa shape index (κ3) is 2.95. The van der Waals surface area contributed by atoms with Crippen molar-refractivity contribution < 1.29 is 9.53 Å². The lowest BCUT2D eigenvalue weighted by atomic mass is 10.2. The second-order valence-corrected chi connectivity index (χ2v) is 4.99. The maximum atomic E-state index is 11.6. The molecular weight excluding hydrogens is 234 g/mol. The van der Waals surface area contributed by atoms with Gasteiger partial charge in [0.05, 0.1) is 17.0 Å². The zero-order valence-electron chi connectivity index (χ0n) is 8.29. The zero-order valence-corrected chi connectivity index (χ0v) is 9.87. The van der Waals surface area contributed by atoms with Gasteiger partial charge in [-0.25, -0.2) is 0 Å². The third-order valence-corrected chi connectivity index (χ3v) is 2.46. The Balaban J connectivity index is 2.55. The Morgan fingerprint density at radius 1 is 1.46 bits per heavy atom. The molecule has 0 unspecified atom stereocenters. The maximum Gasteiger partial charge on any atom is 0.236 e. The van der Waals surface area contributed by atoms with Crippen molar-refractivity contribution in [3.63, 3.8) is 0 Å². The van der Waals surface area contributed by atoms with Crippen molar-refractivity contribution in [2.45, 2.75) is 37.8 Å². The lowest BCUT2D eigenvalue weighted by molar-refractivity contribution is -0.142. The monoisotopic (exact) mass is 249 g/mol. The molecule has 1 rings (SSSR count). The van der Waals surface area contributed by atoms with Crippen LogP contribution in [0.2, 0.25) is 0 Å². The summed E-state index contributed by atoms with van der Waals surface area (Å²) in [5.74, 6) is 0.155. The highest BCUT2D eigenvalue weighted by Gasteiger charge is 2.27. The van der Waals surface area contributed by atoms with Crippen molar-refractivity contribution >= 4 is 21.8 Å². The van der Waals surface area contributed by atoms with E-state index in [1.165, 1.54) is 0 Å². The van der Waals surface area contributed by atoms with Gasteiger partial charge in [0.25, 0.3) is 0 Å². The van der Waals surface area contributed by atoms with Gasteiger partial charge in [0.2, 0.25) is 5.91 Å². The minimum Gasteiger partial charge on any atom is -0.372 e. The Morgan fingerprint density at radius 2 is 1.92 bits per heavy atom. The summed E-state index contributed by atoms with van der Waals surface area (Å²) in [4.78, 5) is 13.4. The van der Waals surface area contributed by atoms with E-state index in [4.69, 9.17) is 4.74 Å². The van der Waals surface area contributed by atoms with Gasteiger partial charge in [-0.05, 0) is 20.8 Å². The average Bonchev–Trinajstić information content (AvgIpc) is 2.01. The largest absolute Gasteiger partial charge is 0.372 e. The second-order valence-electron chi connectivity index (χ2n) is 3.62. The number of ether oxygens (including phenoxy) is 1. The number of morpholine rings is 1. The molecule has 1 aliphatic rings. The standard InChI is InChI=1S/C9H16BrNO2/c1-6-4-11(5-7(2)13-6)9(12)8(3)10/h6-8H,4-5H2,1-3H3/t6-,7+,8-/m0/s1. The van der Waals surface area contributed by atoms with Gasteiger partial charge in [0, 0.05) is 13.1 Å². The molecule has 1 aliphatic heterocycles. The molecule has 3 atom stereocenters. The van der Waals surface area contributed by atoms with E-state index in [0.29, 0.717) is 13.1 Å². The van der Waals surface area contributed by atoms with Crippen LogP contribution in [-0.4, -0.2) is 40.9 Å². The van der Waals surface area contributed by atoms with Crippen molar-refractivity contribution in [1.82, 2.24) is 4.90 Å². The number of carbonyl (C=O) groups is 1. The van der Waals surface area contributed by atoms with E-state index in [9.17, 15) is 4.79 Å². The Bertz CT molecular complexity index is 186. The van der Waals surface area contributed by atoms with Crippen LogP contribution in [0.3, 0.4) is 0 Å². The van der Waals surface area contributed by atoms with Crippen molar-refractivity contribution in [2.75, 3.05) is 13.1 Å². The van der Waals surface area contributed by atoms with Gasteiger partial charge < -0.3 is 9.64 Å². The molecule has 0 N–H and O–H groups in total. The number of carbonyl (C=O) groups excluding carboxylic acids is 1. The first-order valence-corrected chi connectivity index (χ1v) is 5.50. The van der Waals surface area contributed by atoms with Crippen LogP contribution in [0.5, 0.6) is 0 Å². The van der Waals surface area contributed by atoms with Gasteiger partial charge in [0.1, 0.15) is 0 Å². The highest BCUT2D eigenvalue weighted by atomic mass is 79.9. The lowest BCUT2D eigenvalue weighted by Crippen LogP contribution is -2.49.